The predicted octanol–water partition coefficient (Wildman–Crippen LogP) is 6.84. The van der Waals surface area contributed by atoms with Crippen LogP contribution in [0.5, 0.6) is 0 Å². The van der Waals surface area contributed by atoms with Gasteiger partial charge in [0.2, 0.25) is 0 Å². The topological polar surface area (TPSA) is 20.2 Å². The molecule has 0 bridgehead atoms. The number of rotatable bonds is 7. The molecule has 0 radical (unpaired) electrons. The van der Waals surface area contributed by atoms with E-state index in [1.165, 1.54) is 37.7 Å². The van der Waals surface area contributed by atoms with Crippen molar-refractivity contribution in [1.82, 2.24) is 0 Å². The smallest absolute Gasteiger partial charge is 0.0582 e. The molecule has 24 heavy (non-hydrogen) atoms. The van der Waals surface area contributed by atoms with Crippen molar-refractivity contribution in [1.29, 1.82) is 0 Å². The number of allylic oxidation sites excluding steroid dienone is 4. The largest absolute Gasteiger partial charge is 0.393 e. The summed E-state index contributed by atoms with van der Waals surface area (Å²) in [5, 5.41) is 10.2. The first-order chi connectivity index (χ1) is 11.2. The lowest BCUT2D eigenvalue weighted by Gasteiger charge is -2.31. The molecular weight excluding hydrogens is 292 g/mol. The van der Waals surface area contributed by atoms with E-state index in [1.54, 1.807) is 0 Å². The van der Waals surface area contributed by atoms with E-state index in [4.69, 9.17) is 0 Å². The normalized spacial score (nSPS) is 26.8. The summed E-state index contributed by atoms with van der Waals surface area (Å²) in [6.45, 7) is 15.7. The van der Waals surface area contributed by atoms with E-state index in [2.05, 4.69) is 59.4 Å². The van der Waals surface area contributed by atoms with Crippen molar-refractivity contribution in [3.63, 3.8) is 0 Å². The van der Waals surface area contributed by atoms with Gasteiger partial charge in [0.25, 0.3) is 0 Å². The Balaban J connectivity index is 2.54. The lowest BCUT2D eigenvalue weighted by atomic mass is 9.75. The Bertz CT molecular complexity index is 441. The SMILES string of the molecule is C=C(/C=C\C1=C\CCC(C)(C)C(C)CCC1)CC(O)CC(C)CC. The highest BCUT2D eigenvalue weighted by Crippen LogP contribution is 2.37. The first kappa shape index (κ1) is 21.2. The molecule has 3 atom stereocenters. The zero-order valence-corrected chi connectivity index (χ0v) is 16.8. The fourth-order valence-electron chi connectivity index (χ4n) is 3.44. The molecule has 0 saturated heterocycles. The number of hydrogen-bond acceptors (Lipinski definition) is 1. The quantitative estimate of drug-likeness (QED) is 0.506. The van der Waals surface area contributed by atoms with Gasteiger partial charge in [-0.2, -0.15) is 0 Å². The van der Waals surface area contributed by atoms with Crippen LogP contribution in [-0.4, -0.2) is 11.2 Å². The average molecular weight is 333 g/mol. The molecule has 1 heteroatoms. The Hall–Kier alpha value is -0.820. The van der Waals surface area contributed by atoms with E-state index in [0.29, 0.717) is 17.8 Å². The van der Waals surface area contributed by atoms with Crippen LogP contribution in [0.3, 0.4) is 0 Å². The number of aliphatic hydroxyl groups excluding tert-OH is 1. The number of hydrogen-bond donors (Lipinski definition) is 1. The molecule has 1 rings (SSSR count). The second-order valence-electron chi connectivity index (χ2n) is 8.70. The third-order valence-corrected chi connectivity index (χ3v) is 6.03. The molecule has 1 aliphatic rings. The molecule has 0 fully saturated rings. The van der Waals surface area contributed by atoms with Gasteiger partial charge >= 0.3 is 0 Å². The molecule has 1 N–H and O–H groups in total. The molecule has 0 saturated carbocycles. The molecule has 1 nitrogen and oxygen atoms in total. The summed E-state index contributed by atoms with van der Waals surface area (Å²) in [5.41, 5.74) is 2.93. The Morgan fingerprint density at radius 3 is 2.83 bits per heavy atom. The first-order valence-corrected chi connectivity index (χ1v) is 9.97. The van der Waals surface area contributed by atoms with Crippen molar-refractivity contribution in [3.8, 4) is 0 Å². The van der Waals surface area contributed by atoms with Crippen LogP contribution in [0.2, 0.25) is 0 Å². The minimum absolute atomic E-state index is 0.256. The molecule has 0 amide bonds. The monoisotopic (exact) mass is 332 g/mol. The Labute approximate surface area is 150 Å². The van der Waals surface area contributed by atoms with Crippen LogP contribution in [0.25, 0.3) is 0 Å². The van der Waals surface area contributed by atoms with Crippen LogP contribution in [0.1, 0.15) is 86.0 Å². The van der Waals surface area contributed by atoms with Crippen LogP contribution in [-0.2, 0) is 0 Å². The van der Waals surface area contributed by atoms with Gasteiger partial charge in [0.1, 0.15) is 0 Å². The average Bonchev–Trinajstić information content (AvgIpc) is 2.56. The van der Waals surface area contributed by atoms with Crippen LogP contribution >= 0.6 is 0 Å². The fourth-order valence-corrected chi connectivity index (χ4v) is 3.44. The van der Waals surface area contributed by atoms with Crippen molar-refractivity contribution in [2.24, 2.45) is 17.3 Å². The highest BCUT2D eigenvalue weighted by molar-refractivity contribution is 5.27. The Morgan fingerprint density at radius 2 is 2.17 bits per heavy atom. The van der Waals surface area contributed by atoms with E-state index < -0.39 is 0 Å². The third-order valence-electron chi connectivity index (χ3n) is 6.03. The van der Waals surface area contributed by atoms with Gasteiger partial charge in [-0.3, -0.25) is 0 Å². The summed E-state index contributed by atoms with van der Waals surface area (Å²) in [5.74, 6) is 1.37. The summed E-state index contributed by atoms with van der Waals surface area (Å²) in [6, 6.07) is 0. The molecule has 3 unspecified atom stereocenters. The molecule has 0 heterocycles. The fraction of sp³-hybridized carbons (Fsp3) is 0.739. The number of aliphatic hydroxyl groups is 1. The van der Waals surface area contributed by atoms with Gasteiger partial charge in [-0.15, -0.1) is 0 Å². The zero-order valence-electron chi connectivity index (χ0n) is 16.8. The Morgan fingerprint density at radius 1 is 1.46 bits per heavy atom. The molecule has 1 aliphatic carbocycles. The second kappa shape index (κ2) is 10.2. The summed E-state index contributed by atoms with van der Waals surface area (Å²) in [6.07, 6.45) is 15.4. The minimum Gasteiger partial charge on any atom is -0.393 e. The van der Waals surface area contributed by atoms with Crippen molar-refractivity contribution >= 4 is 0 Å². The van der Waals surface area contributed by atoms with Crippen molar-refractivity contribution < 1.29 is 5.11 Å². The maximum absolute atomic E-state index is 10.2. The van der Waals surface area contributed by atoms with Gasteiger partial charge < -0.3 is 5.11 Å². The van der Waals surface area contributed by atoms with Gasteiger partial charge in [0.15, 0.2) is 0 Å². The standard InChI is InChI=1S/C23H40O/c1-7-18(2)16-22(24)17-19(3)13-14-21-11-8-10-20(4)23(5,6)15-9-12-21/h12-14,18,20,22,24H,3,7-11,15-17H2,1-2,4-6H3/b14-13-,21-12+. The van der Waals surface area contributed by atoms with E-state index >= 15 is 0 Å². The predicted molar refractivity (Wildman–Crippen MR) is 107 cm³/mol. The van der Waals surface area contributed by atoms with Crippen LogP contribution in [0.4, 0.5) is 0 Å². The maximum atomic E-state index is 10.2. The summed E-state index contributed by atoms with van der Waals surface area (Å²) in [7, 11) is 0. The third kappa shape index (κ3) is 7.83. The zero-order chi connectivity index (χ0) is 18.2. The van der Waals surface area contributed by atoms with E-state index in [-0.39, 0.29) is 6.10 Å². The van der Waals surface area contributed by atoms with Gasteiger partial charge in [0, 0.05) is 0 Å². The minimum atomic E-state index is -0.256. The van der Waals surface area contributed by atoms with Crippen molar-refractivity contribution in [2.75, 3.05) is 0 Å². The molecule has 0 aromatic rings. The summed E-state index contributed by atoms with van der Waals surface area (Å²) in [4.78, 5) is 0. The van der Waals surface area contributed by atoms with E-state index in [1.807, 2.05) is 0 Å². The van der Waals surface area contributed by atoms with E-state index in [0.717, 1.165) is 24.3 Å². The highest BCUT2D eigenvalue weighted by atomic mass is 16.3. The van der Waals surface area contributed by atoms with Gasteiger partial charge in [-0.25, -0.2) is 0 Å². The van der Waals surface area contributed by atoms with Crippen LogP contribution in [0.15, 0.2) is 36.0 Å². The van der Waals surface area contributed by atoms with Gasteiger partial charge in [-0.05, 0) is 62.2 Å². The summed E-state index contributed by atoms with van der Waals surface area (Å²) >= 11 is 0. The summed E-state index contributed by atoms with van der Waals surface area (Å²) < 4.78 is 0. The van der Waals surface area contributed by atoms with Crippen LogP contribution in [0, 0.1) is 17.3 Å². The molecular formula is C23H40O. The first-order valence-electron chi connectivity index (χ1n) is 9.97. The molecule has 0 aromatic heterocycles. The Kier molecular flexibility index (Phi) is 9.05. The molecule has 0 spiro atoms. The lowest BCUT2D eigenvalue weighted by molar-refractivity contribution is 0.145. The van der Waals surface area contributed by atoms with Crippen LogP contribution < -0.4 is 0 Å². The molecule has 0 aliphatic heterocycles. The molecule has 138 valence electrons. The van der Waals surface area contributed by atoms with E-state index in [9.17, 15) is 5.11 Å². The van der Waals surface area contributed by atoms with Gasteiger partial charge in [0.05, 0.1) is 6.10 Å². The highest BCUT2D eigenvalue weighted by Gasteiger charge is 2.25. The van der Waals surface area contributed by atoms with Gasteiger partial charge in [-0.1, -0.05) is 77.0 Å². The lowest BCUT2D eigenvalue weighted by Crippen LogP contribution is -2.21. The molecule has 0 aromatic carbocycles. The van der Waals surface area contributed by atoms with Crippen molar-refractivity contribution in [2.45, 2.75) is 92.1 Å². The van der Waals surface area contributed by atoms with Crippen molar-refractivity contribution in [3.05, 3.63) is 36.0 Å². The maximum Gasteiger partial charge on any atom is 0.0582 e. The second-order valence-corrected chi connectivity index (χ2v) is 8.70.